The zero-order valence-corrected chi connectivity index (χ0v) is 10.4. The number of fused-ring (bicyclic) bond motifs is 1. The number of carbonyl (C=O) groups excluding carboxylic acids is 1. The van der Waals surface area contributed by atoms with Gasteiger partial charge in [0.15, 0.2) is 5.78 Å². The van der Waals surface area contributed by atoms with Gasteiger partial charge in [-0.25, -0.2) is 0 Å². The van der Waals surface area contributed by atoms with Crippen molar-refractivity contribution in [3.63, 3.8) is 0 Å². The Hall–Kier alpha value is -1.61. The molecule has 1 saturated heterocycles. The molecule has 0 saturated carbocycles. The van der Waals surface area contributed by atoms with E-state index in [0.29, 0.717) is 6.54 Å². The van der Waals surface area contributed by atoms with Gasteiger partial charge in [-0.3, -0.25) is 9.69 Å². The molecule has 93 valence electrons. The molecule has 18 heavy (non-hydrogen) atoms. The van der Waals surface area contributed by atoms with Gasteiger partial charge in [0.2, 0.25) is 0 Å². The molecule has 3 heteroatoms. The van der Waals surface area contributed by atoms with Gasteiger partial charge in [-0.15, -0.1) is 0 Å². The highest BCUT2D eigenvalue weighted by molar-refractivity contribution is 6.08. The third kappa shape index (κ3) is 2.18. The predicted molar refractivity (Wildman–Crippen MR) is 71.8 cm³/mol. The number of likely N-dealkylation sites (tertiary alicyclic amines) is 1. The topological polar surface area (TPSA) is 36.1 Å². The molecule has 2 aromatic rings. The molecule has 1 aromatic heterocycles. The summed E-state index contributed by atoms with van der Waals surface area (Å²) in [6.07, 6.45) is 5.55. The van der Waals surface area contributed by atoms with Crippen LogP contribution in [0.15, 0.2) is 24.4 Å². The van der Waals surface area contributed by atoms with Gasteiger partial charge in [0.05, 0.1) is 12.1 Å². The Morgan fingerprint density at radius 2 is 2.17 bits per heavy atom. The van der Waals surface area contributed by atoms with Crippen LogP contribution in [-0.2, 0) is 0 Å². The van der Waals surface area contributed by atoms with Crippen molar-refractivity contribution in [2.75, 3.05) is 19.6 Å². The number of carbonyl (C=O) groups is 1. The van der Waals surface area contributed by atoms with E-state index in [4.69, 9.17) is 0 Å². The number of aromatic nitrogens is 1. The van der Waals surface area contributed by atoms with Crippen LogP contribution in [0.5, 0.6) is 0 Å². The molecule has 0 amide bonds. The third-order valence-electron chi connectivity index (χ3n) is 3.62. The molecule has 1 N–H and O–H groups in total. The van der Waals surface area contributed by atoms with Crippen LogP contribution in [0, 0.1) is 6.07 Å². The third-order valence-corrected chi connectivity index (χ3v) is 3.62. The number of H-pyrrole nitrogens is 1. The summed E-state index contributed by atoms with van der Waals surface area (Å²) in [6, 6.07) is 8.87. The number of nitrogens with one attached hydrogen (secondary N) is 1. The molecule has 1 aromatic carbocycles. The number of aromatic amines is 1. The normalized spacial score (nSPS) is 17.1. The van der Waals surface area contributed by atoms with Crippen LogP contribution in [0.25, 0.3) is 10.9 Å². The number of rotatable bonds is 3. The van der Waals surface area contributed by atoms with Gasteiger partial charge >= 0.3 is 0 Å². The zero-order valence-electron chi connectivity index (χ0n) is 10.4. The first-order valence-corrected chi connectivity index (χ1v) is 6.58. The van der Waals surface area contributed by atoms with Crippen molar-refractivity contribution in [1.29, 1.82) is 0 Å². The fourth-order valence-electron chi connectivity index (χ4n) is 2.64. The average Bonchev–Trinajstić information content (AvgIpc) is 2.84. The van der Waals surface area contributed by atoms with Crippen molar-refractivity contribution in [2.45, 2.75) is 19.3 Å². The molecule has 0 unspecified atom stereocenters. The van der Waals surface area contributed by atoms with Crippen LogP contribution < -0.4 is 0 Å². The van der Waals surface area contributed by atoms with Gasteiger partial charge < -0.3 is 4.98 Å². The van der Waals surface area contributed by atoms with Crippen LogP contribution in [0.1, 0.15) is 29.6 Å². The lowest BCUT2D eigenvalue weighted by molar-refractivity contribution is 0.0917. The SMILES string of the molecule is O=C(CN1CCCCC1)c1c[nH]c2[c]cccc12. The van der Waals surface area contributed by atoms with Gasteiger partial charge in [-0.1, -0.05) is 24.6 Å². The molecule has 0 aliphatic carbocycles. The van der Waals surface area contributed by atoms with Crippen molar-refractivity contribution in [3.05, 3.63) is 36.0 Å². The second-order valence-corrected chi connectivity index (χ2v) is 4.92. The summed E-state index contributed by atoms with van der Waals surface area (Å²) >= 11 is 0. The monoisotopic (exact) mass is 241 g/mol. The number of ketones is 1. The van der Waals surface area contributed by atoms with Crippen LogP contribution in [0.2, 0.25) is 0 Å². The molecule has 3 rings (SSSR count). The van der Waals surface area contributed by atoms with Crippen LogP contribution in [0.3, 0.4) is 0 Å². The van der Waals surface area contributed by atoms with Crippen molar-refractivity contribution in [2.24, 2.45) is 0 Å². The summed E-state index contributed by atoms with van der Waals surface area (Å²) in [7, 11) is 0. The zero-order chi connectivity index (χ0) is 12.4. The summed E-state index contributed by atoms with van der Waals surface area (Å²) in [5.74, 6) is 0.211. The standard InChI is InChI=1S/C15H17N2O/c18-15(11-17-8-4-1-5-9-17)13-10-16-14-7-3-2-6-12(13)14/h2-3,6,10,16H,1,4-5,8-9,11H2. The lowest BCUT2D eigenvalue weighted by Gasteiger charge is -2.25. The van der Waals surface area contributed by atoms with E-state index in [9.17, 15) is 4.79 Å². The quantitative estimate of drug-likeness (QED) is 0.839. The molecule has 1 aliphatic heterocycles. The highest BCUT2D eigenvalue weighted by Crippen LogP contribution is 2.18. The molecular weight excluding hydrogens is 224 g/mol. The predicted octanol–water partition coefficient (Wildman–Crippen LogP) is 2.64. The molecule has 0 spiro atoms. The number of hydrogen-bond donors (Lipinski definition) is 1. The lowest BCUT2D eigenvalue weighted by Crippen LogP contribution is -2.34. The van der Waals surface area contributed by atoms with Gasteiger partial charge in [-0.05, 0) is 25.9 Å². The minimum Gasteiger partial charge on any atom is -0.360 e. The highest BCUT2D eigenvalue weighted by Gasteiger charge is 2.17. The maximum absolute atomic E-state index is 12.3. The van der Waals surface area contributed by atoms with Crippen molar-refractivity contribution >= 4 is 16.7 Å². The molecule has 1 radical (unpaired) electrons. The van der Waals surface area contributed by atoms with E-state index in [1.54, 1.807) is 0 Å². The average molecular weight is 241 g/mol. The Balaban J connectivity index is 1.79. The Morgan fingerprint density at radius 1 is 1.33 bits per heavy atom. The molecule has 0 atom stereocenters. The first kappa shape index (κ1) is 11.5. The van der Waals surface area contributed by atoms with Crippen molar-refractivity contribution in [1.82, 2.24) is 9.88 Å². The summed E-state index contributed by atoms with van der Waals surface area (Å²) in [4.78, 5) is 17.7. The lowest BCUT2D eigenvalue weighted by atomic mass is 10.1. The first-order chi connectivity index (χ1) is 8.84. The Morgan fingerprint density at radius 3 is 3.00 bits per heavy atom. The molecular formula is C15H17N2O. The number of hydrogen-bond acceptors (Lipinski definition) is 2. The first-order valence-electron chi connectivity index (χ1n) is 6.58. The maximum atomic E-state index is 12.3. The van der Waals surface area contributed by atoms with Crippen molar-refractivity contribution < 1.29 is 4.79 Å². The van der Waals surface area contributed by atoms with E-state index in [0.717, 1.165) is 29.6 Å². The van der Waals surface area contributed by atoms with E-state index in [1.807, 2.05) is 24.4 Å². The summed E-state index contributed by atoms with van der Waals surface area (Å²) in [5, 5.41) is 0.986. The summed E-state index contributed by atoms with van der Waals surface area (Å²) in [5.41, 5.74) is 1.71. The number of nitrogens with zero attached hydrogens (tertiary/aromatic N) is 1. The second kappa shape index (κ2) is 4.94. The second-order valence-electron chi connectivity index (χ2n) is 4.92. The largest absolute Gasteiger partial charge is 0.360 e. The van der Waals surface area contributed by atoms with E-state index >= 15 is 0 Å². The molecule has 3 nitrogen and oxygen atoms in total. The van der Waals surface area contributed by atoms with E-state index < -0.39 is 0 Å². The summed E-state index contributed by atoms with van der Waals surface area (Å²) < 4.78 is 0. The summed E-state index contributed by atoms with van der Waals surface area (Å²) in [6.45, 7) is 2.66. The molecule has 0 bridgehead atoms. The number of piperidine rings is 1. The van der Waals surface area contributed by atoms with E-state index in [2.05, 4.69) is 16.0 Å². The Kier molecular flexibility index (Phi) is 3.15. The Labute approximate surface area is 107 Å². The number of Topliss-reactive ketones (excluding diaryl/α,β-unsaturated/α-hetero) is 1. The van der Waals surface area contributed by atoms with Crippen molar-refractivity contribution in [3.8, 4) is 0 Å². The maximum Gasteiger partial charge on any atom is 0.178 e. The van der Waals surface area contributed by atoms with Gasteiger partial charge in [0, 0.05) is 23.2 Å². The van der Waals surface area contributed by atoms with Gasteiger partial charge in [-0.2, -0.15) is 0 Å². The highest BCUT2D eigenvalue weighted by atomic mass is 16.1. The fourth-order valence-corrected chi connectivity index (χ4v) is 2.64. The minimum atomic E-state index is 0.211. The van der Waals surface area contributed by atoms with Crippen LogP contribution in [-0.4, -0.2) is 35.3 Å². The van der Waals surface area contributed by atoms with Gasteiger partial charge in [0.25, 0.3) is 0 Å². The number of para-hydroxylation sites is 1. The molecule has 1 aliphatic rings. The van der Waals surface area contributed by atoms with Crippen LogP contribution >= 0.6 is 0 Å². The van der Waals surface area contributed by atoms with E-state index in [-0.39, 0.29) is 5.78 Å². The van der Waals surface area contributed by atoms with E-state index in [1.165, 1.54) is 19.3 Å². The fraction of sp³-hybridized carbons (Fsp3) is 0.400. The smallest absolute Gasteiger partial charge is 0.178 e. The molecule has 1 fully saturated rings. The van der Waals surface area contributed by atoms with Crippen LogP contribution in [0.4, 0.5) is 0 Å². The minimum absolute atomic E-state index is 0.211. The van der Waals surface area contributed by atoms with Gasteiger partial charge in [0.1, 0.15) is 0 Å². The molecule has 2 heterocycles. The number of benzene rings is 1. The Bertz CT molecular complexity index is 552.